The SMILES string of the molecule is CC(=O)N[C@H]1[C@H](OC[C@@H](O)[C@H](O)[C@H](O[C@@H]2O[C@H](CO)[C@H](O[C@@H]3O[C@H](CO)[C@H](O[C@H]4O[C@H](CO)[C@@H](O)[C@H](O)[C@H]4NC(C)=O)[C@H](O)[C@H]3O)[C@H](O)[C@H]2O[C@@H]2O[C@@H](C)[C@@H](O)[C@@H](O)[C@@H]2O)[C@H](CO)NC(C)=O)O[C@H](COS(=O)(=O)O)[C@@H](O)[C@@H]1O. The molecule has 0 aromatic heterocycles. The van der Waals surface area contributed by atoms with E-state index >= 15 is 0 Å². The monoisotopic (exact) mass is 1180 g/mol. The van der Waals surface area contributed by atoms with Gasteiger partial charge in [0.1, 0.15) is 134 Å². The number of rotatable bonds is 24. The number of hydrogen-bond acceptors (Lipinski definition) is 32. The lowest BCUT2D eigenvalue weighted by Crippen LogP contribution is -2.69. The quantitative estimate of drug-likeness (QED) is 0.0399. The number of hydrogen-bond donors (Lipinski definition) is 20. The van der Waals surface area contributed by atoms with E-state index in [9.17, 15) is 105 Å². The van der Waals surface area contributed by atoms with Crippen LogP contribution in [0.4, 0.5) is 0 Å². The molecule has 3 amide bonds. The maximum atomic E-state index is 12.5. The Morgan fingerprint density at radius 2 is 1.00 bits per heavy atom. The van der Waals surface area contributed by atoms with E-state index in [-0.39, 0.29) is 0 Å². The van der Waals surface area contributed by atoms with Crippen LogP contribution in [0.25, 0.3) is 0 Å². The fraction of sp³-hybridized carbons (Fsp3) is 0.929. The summed E-state index contributed by atoms with van der Waals surface area (Å²) < 4.78 is 93.4. The lowest BCUT2D eigenvalue weighted by molar-refractivity contribution is -0.396. The van der Waals surface area contributed by atoms with Gasteiger partial charge in [0.05, 0.1) is 51.8 Å². The van der Waals surface area contributed by atoms with E-state index in [4.69, 9.17) is 51.9 Å². The zero-order valence-corrected chi connectivity index (χ0v) is 43.3. The van der Waals surface area contributed by atoms with E-state index in [0.717, 1.165) is 20.8 Å². The zero-order valence-electron chi connectivity index (χ0n) is 42.5. The minimum atomic E-state index is -5.14. The van der Waals surface area contributed by atoms with Crippen LogP contribution in [0.5, 0.6) is 0 Å². The van der Waals surface area contributed by atoms with Crippen LogP contribution in [0.2, 0.25) is 0 Å². The Morgan fingerprint density at radius 3 is 1.53 bits per heavy atom. The lowest BCUT2D eigenvalue weighted by atomic mass is 9.95. The molecule has 37 heteroatoms. The number of amides is 3. The molecule has 5 rings (SSSR count). The topological polar surface area (TPSA) is 567 Å². The number of carbonyl (C=O) groups is 3. The molecular formula is C42H73N3O33S. The summed E-state index contributed by atoms with van der Waals surface area (Å²) >= 11 is 0. The Balaban J connectivity index is 1.44. The Labute approximate surface area is 449 Å². The van der Waals surface area contributed by atoms with Crippen molar-refractivity contribution in [2.24, 2.45) is 0 Å². The van der Waals surface area contributed by atoms with Gasteiger partial charge in [0.15, 0.2) is 31.5 Å². The van der Waals surface area contributed by atoms with Crippen LogP contribution >= 0.6 is 0 Å². The highest BCUT2D eigenvalue weighted by molar-refractivity contribution is 7.80. The van der Waals surface area contributed by atoms with Gasteiger partial charge in [-0.2, -0.15) is 8.42 Å². The molecular weight excluding hydrogens is 1110 g/mol. The van der Waals surface area contributed by atoms with Crippen LogP contribution in [0.1, 0.15) is 27.7 Å². The summed E-state index contributed by atoms with van der Waals surface area (Å²) in [5.41, 5.74) is 0. The standard InChI is InChI=1S/C42H73N3O33S/c1-11-23(54)29(60)31(62)40(70-11)78-37-33(64)36(77-41-32(63)30(61)35(18(7-48)72-41)76-39-22(45-14(4)52)28(59)25(56)17(6-47)71-39)19(8-49)73-42(37)75-34(15(5-46)43-12(2)50)24(55)16(53)9-68-38-21(44-13(3)51)27(58)26(57)20(74-38)10-69-79(65,66)67/h11,15-42,46-49,53-64H,5-10H2,1-4H3,(H,43,50)(H,44,51)(H,45,52)(H,65,66,67)/t11-,15-,16+,17+,18+,19+,20+,21+,22+,23+,24-,25+,26+,27+,28+,29+,30+,31-,32+,33-,34+,35-,36-,37+,38+,39+,40-,41-,42-/m0/s1. The maximum Gasteiger partial charge on any atom is 0.397 e. The van der Waals surface area contributed by atoms with Gasteiger partial charge in [-0.15, -0.1) is 0 Å². The largest absolute Gasteiger partial charge is 0.397 e. The molecule has 20 N–H and O–H groups in total. The normalized spacial score (nSPS) is 42.8. The van der Waals surface area contributed by atoms with E-state index in [1.807, 2.05) is 0 Å². The van der Waals surface area contributed by atoms with Crippen molar-refractivity contribution in [1.29, 1.82) is 0 Å². The maximum absolute atomic E-state index is 12.5. The predicted molar refractivity (Wildman–Crippen MR) is 245 cm³/mol. The van der Waals surface area contributed by atoms with Gasteiger partial charge in [-0.25, -0.2) is 4.18 Å². The van der Waals surface area contributed by atoms with Crippen LogP contribution in [0.3, 0.4) is 0 Å². The van der Waals surface area contributed by atoms with Crippen molar-refractivity contribution in [3.63, 3.8) is 0 Å². The smallest absolute Gasteiger partial charge is 0.394 e. The van der Waals surface area contributed by atoms with Crippen molar-refractivity contribution in [3.05, 3.63) is 0 Å². The van der Waals surface area contributed by atoms with Crippen molar-refractivity contribution in [2.75, 3.05) is 39.6 Å². The second kappa shape index (κ2) is 29.2. The molecule has 0 spiro atoms. The molecule has 36 nitrogen and oxygen atoms in total. The molecule has 5 fully saturated rings. The van der Waals surface area contributed by atoms with Crippen molar-refractivity contribution in [1.82, 2.24) is 16.0 Å². The molecule has 5 saturated heterocycles. The highest BCUT2D eigenvalue weighted by Crippen LogP contribution is 2.36. The first kappa shape index (κ1) is 67.0. The summed E-state index contributed by atoms with van der Waals surface area (Å²) in [5, 5.41) is 181. The molecule has 0 bridgehead atoms. The molecule has 0 saturated carbocycles. The van der Waals surface area contributed by atoms with E-state index < -0.39 is 246 Å². The minimum Gasteiger partial charge on any atom is -0.394 e. The lowest BCUT2D eigenvalue weighted by Gasteiger charge is -2.50. The van der Waals surface area contributed by atoms with Crippen LogP contribution in [-0.2, 0) is 76.3 Å². The molecule has 5 aliphatic rings. The van der Waals surface area contributed by atoms with Gasteiger partial charge in [-0.05, 0) is 6.92 Å². The van der Waals surface area contributed by atoms with Crippen molar-refractivity contribution >= 4 is 28.1 Å². The fourth-order valence-corrected chi connectivity index (χ4v) is 9.61. The Morgan fingerprint density at radius 1 is 0.532 bits per heavy atom. The van der Waals surface area contributed by atoms with Gasteiger partial charge in [0.2, 0.25) is 17.7 Å². The summed E-state index contributed by atoms with van der Waals surface area (Å²) in [4.78, 5) is 36.6. The summed E-state index contributed by atoms with van der Waals surface area (Å²) in [7, 11) is -5.14. The van der Waals surface area contributed by atoms with Gasteiger partial charge in [0, 0.05) is 20.8 Å². The minimum absolute atomic E-state index is 0.756. The van der Waals surface area contributed by atoms with E-state index in [1.54, 1.807) is 0 Å². The Bertz CT molecular complexity index is 2060. The average molecular weight is 1180 g/mol. The second-order valence-corrected chi connectivity index (χ2v) is 20.4. The molecule has 79 heavy (non-hydrogen) atoms. The van der Waals surface area contributed by atoms with Crippen LogP contribution in [0, 0.1) is 0 Å². The van der Waals surface area contributed by atoms with Gasteiger partial charge in [-0.1, -0.05) is 0 Å². The van der Waals surface area contributed by atoms with Crippen molar-refractivity contribution in [2.45, 2.75) is 205 Å². The molecule has 0 unspecified atom stereocenters. The highest BCUT2D eigenvalue weighted by atomic mass is 32.3. The summed E-state index contributed by atoms with van der Waals surface area (Å²) in [6, 6.07) is -5.05. The van der Waals surface area contributed by atoms with E-state index in [2.05, 4.69) is 20.1 Å². The average Bonchev–Trinajstić information content (AvgIpc) is 3.41. The van der Waals surface area contributed by atoms with Gasteiger partial charge in [-0.3, -0.25) is 18.9 Å². The van der Waals surface area contributed by atoms with Crippen molar-refractivity contribution < 1.29 is 161 Å². The first-order chi connectivity index (χ1) is 37.0. The molecule has 29 atom stereocenters. The van der Waals surface area contributed by atoms with Gasteiger partial charge >= 0.3 is 10.4 Å². The van der Waals surface area contributed by atoms with Crippen LogP contribution < -0.4 is 16.0 Å². The summed E-state index contributed by atoms with van der Waals surface area (Å²) in [6.07, 6.45) is -51.6. The Hall–Kier alpha value is -2.76. The molecule has 0 aromatic rings. The van der Waals surface area contributed by atoms with Crippen LogP contribution in [-0.4, -0.2) is 330 Å². The van der Waals surface area contributed by atoms with Crippen LogP contribution in [0.15, 0.2) is 0 Å². The first-order valence-electron chi connectivity index (χ1n) is 24.5. The first-order valence-corrected chi connectivity index (χ1v) is 25.9. The number of aliphatic hydroxyl groups excluding tert-OH is 16. The third-order valence-corrected chi connectivity index (χ3v) is 13.9. The zero-order chi connectivity index (χ0) is 59.1. The van der Waals surface area contributed by atoms with Gasteiger partial charge in [0.25, 0.3) is 0 Å². The molecule has 460 valence electrons. The number of ether oxygens (including phenoxy) is 10. The predicted octanol–water partition coefficient (Wildman–Crippen LogP) is -13.2. The number of nitrogens with one attached hydrogen (secondary N) is 3. The van der Waals surface area contributed by atoms with E-state index in [0.29, 0.717) is 0 Å². The second-order valence-electron chi connectivity index (χ2n) is 19.3. The van der Waals surface area contributed by atoms with Crippen molar-refractivity contribution in [3.8, 4) is 0 Å². The van der Waals surface area contributed by atoms with Gasteiger partial charge < -0.3 is 145 Å². The third-order valence-electron chi connectivity index (χ3n) is 13.4. The summed E-state index contributed by atoms with van der Waals surface area (Å²) in [6.45, 7) is -2.26. The summed E-state index contributed by atoms with van der Waals surface area (Å²) in [5.74, 6) is -2.48. The molecule has 0 aliphatic carbocycles. The van der Waals surface area contributed by atoms with E-state index in [1.165, 1.54) is 6.92 Å². The number of aliphatic hydroxyl groups is 16. The third kappa shape index (κ3) is 16.5. The fourth-order valence-electron chi connectivity index (χ4n) is 9.30. The number of carbonyl (C=O) groups excluding carboxylic acids is 3. The molecule has 0 radical (unpaired) electrons. The molecule has 5 heterocycles. The highest BCUT2D eigenvalue weighted by Gasteiger charge is 2.57. The molecule has 5 aliphatic heterocycles. The molecule has 0 aromatic carbocycles. The Kier molecular flexibility index (Phi) is 24.7.